The Labute approximate surface area is 102 Å². The first-order valence-electron chi connectivity index (χ1n) is 6.24. The van der Waals surface area contributed by atoms with E-state index in [4.69, 9.17) is 4.74 Å². The summed E-state index contributed by atoms with van der Waals surface area (Å²) in [6.07, 6.45) is 1.61. The second kappa shape index (κ2) is 5.82. The molecule has 17 heavy (non-hydrogen) atoms. The summed E-state index contributed by atoms with van der Waals surface area (Å²) in [5.41, 5.74) is 1.18. The molecule has 0 unspecified atom stereocenters. The van der Waals surface area contributed by atoms with Gasteiger partial charge in [-0.3, -0.25) is 9.69 Å². The van der Waals surface area contributed by atoms with Crippen LogP contribution in [0.1, 0.15) is 25.3 Å². The fourth-order valence-corrected chi connectivity index (χ4v) is 2.12. The van der Waals surface area contributed by atoms with Gasteiger partial charge >= 0.3 is 0 Å². The molecule has 0 atom stereocenters. The normalized spacial score (nSPS) is 15.8. The van der Waals surface area contributed by atoms with Gasteiger partial charge in [0, 0.05) is 25.1 Å². The molecule has 0 saturated carbocycles. The summed E-state index contributed by atoms with van der Waals surface area (Å²) >= 11 is 0. The van der Waals surface area contributed by atoms with Gasteiger partial charge in [0.25, 0.3) is 0 Å². The molecule has 1 aromatic rings. The molecule has 1 heterocycles. The lowest BCUT2D eigenvalue weighted by Gasteiger charge is -2.17. The van der Waals surface area contributed by atoms with Gasteiger partial charge < -0.3 is 4.74 Å². The molecule has 0 radical (unpaired) electrons. The van der Waals surface area contributed by atoms with Crippen LogP contribution in [-0.4, -0.2) is 30.4 Å². The fourth-order valence-electron chi connectivity index (χ4n) is 2.12. The van der Waals surface area contributed by atoms with Crippen LogP contribution in [-0.2, 0) is 11.3 Å². The minimum Gasteiger partial charge on any atom is -0.492 e. The monoisotopic (exact) mass is 233 g/mol. The Morgan fingerprint density at radius 1 is 1.41 bits per heavy atom. The van der Waals surface area contributed by atoms with E-state index in [1.54, 1.807) is 0 Å². The van der Waals surface area contributed by atoms with Crippen molar-refractivity contribution in [3.8, 4) is 5.75 Å². The number of rotatable bonds is 4. The van der Waals surface area contributed by atoms with Gasteiger partial charge in [0.05, 0.1) is 6.54 Å². The van der Waals surface area contributed by atoms with Crippen LogP contribution in [0, 0.1) is 0 Å². The largest absolute Gasteiger partial charge is 0.492 e. The van der Waals surface area contributed by atoms with Gasteiger partial charge in [0.1, 0.15) is 18.1 Å². The number of benzene rings is 1. The molecule has 92 valence electrons. The maximum Gasteiger partial charge on any atom is 0.146 e. The number of carbonyl (C=O) groups excluding carboxylic acids is 1. The number of para-hydroxylation sites is 1. The van der Waals surface area contributed by atoms with E-state index in [0.29, 0.717) is 25.4 Å². The van der Waals surface area contributed by atoms with Crippen LogP contribution in [0.3, 0.4) is 0 Å². The van der Waals surface area contributed by atoms with E-state index in [9.17, 15) is 4.79 Å². The second-order valence-corrected chi connectivity index (χ2v) is 4.46. The molecule has 0 aromatic heterocycles. The third kappa shape index (κ3) is 3.30. The van der Waals surface area contributed by atoms with Crippen molar-refractivity contribution in [3.05, 3.63) is 29.8 Å². The summed E-state index contributed by atoms with van der Waals surface area (Å²) < 4.78 is 5.67. The molecule has 0 fully saturated rings. The van der Waals surface area contributed by atoms with Crippen molar-refractivity contribution in [3.63, 3.8) is 0 Å². The smallest absolute Gasteiger partial charge is 0.146 e. The van der Waals surface area contributed by atoms with Crippen LogP contribution in [0.5, 0.6) is 5.75 Å². The molecule has 0 N–H and O–H groups in total. The minimum absolute atomic E-state index is 0.326. The molecule has 1 aliphatic rings. The molecule has 2 rings (SSSR count). The predicted molar refractivity (Wildman–Crippen MR) is 67.1 cm³/mol. The quantitative estimate of drug-likeness (QED) is 0.799. The molecule has 0 spiro atoms. The number of fused-ring (bicyclic) bond motifs is 1. The summed E-state index contributed by atoms with van der Waals surface area (Å²) in [7, 11) is 0. The lowest BCUT2D eigenvalue weighted by molar-refractivity contribution is -0.120. The van der Waals surface area contributed by atoms with E-state index in [1.165, 1.54) is 5.56 Å². The average molecular weight is 233 g/mol. The fraction of sp³-hybridized carbons (Fsp3) is 0.500. The Hall–Kier alpha value is -1.35. The third-order valence-electron chi connectivity index (χ3n) is 2.96. The zero-order chi connectivity index (χ0) is 12.1. The highest BCUT2D eigenvalue weighted by Gasteiger charge is 2.16. The molecule has 1 aliphatic heterocycles. The van der Waals surface area contributed by atoms with Crippen molar-refractivity contribution >= 4 is 5.78 Å². The van der Waals surface area contributed by atoms with E-state index in [0.717, 1.165) is 25.3 Å². The van der Waals surface area contributed by atoms with Crippen LogP contribution in [0.4, 0.5) is 0 Å². The molecule has 0 bridgehead atoms. The minimum atomic E-state index is 0.326. The van der Waals surface area contributed by atoms with E-state index in [2.05, 4.69) is 11.0 Å². The van der Waals surface area contributed by atoms with Crippen molar-refractivity contribution in [1.29, 1.82) is 0 Å². The van der Waals surface area contributed by atoms with Crippen LogP contribution >= 0.6 is 0 Å². The van der Waals surface area contributed by atoms with Crippen LogP contribution < -0.4 is 4.74 Å². The van der Waals surface area contributed by atoms with E-state index in [1.807, 2.05) is 25.1 Å². The van der Waals surface area contributed by atoms with E-state index in [-0.39, 0.29) is 0 Å². The van der Waals surface area contributed by atoms with Gasteiger partial charge in [-0.2, -0.15) is 0 Å². The first-order chi connectivity index (χ1) is 8.29. The highest BCUT2D eigenvalue weighted by Crippen LogP contribution is 2.22. The standard InChI is InChI=1S/C14H19NO2/c1-2-5-13(16)11-15-8-9-17-14-7-4-3-6-12(14)10-15/h3-4,6-7H,2,5,8-11H2,1H3. The van der Waals surface area contributed by atoms with Crippen LogP contribution in [0.25, 0.3) is 0 Å². The highest BCUT2D eigenvalue weighted by atomic mass is 16.5. The number of ether oxygens (including phenoxy) is 1. The Morgan fingerprint density at radius 3 is 3.06 bits per heavy atom. The Kier molecular flexibility index (Phi) is 4.15. The lowest BCUT2D eigenvalue weighted by Crippen LogP contribution is -2.31. The van der Waals surface area contributed by atoms with Gasteiger partial charge in [0.2, 0.25) is 0 Å². The van der Waals surface area contributed by atoms with Gasteiger partial charge in [-0.25, -0.2) is 0 Å². The number of nitrogens with zero attached hydrogens (tertiary/aromatic N) is 1. The third-order valence-corrected chi connectivity index (χ3v) is 2.96. The molecular formula is C14H19NO2. The molecule has 0 amide bonds. The highest BCUT2D eigenvalue weighted by molar-refractivity contribution is 5.80. The maximum absolute atomic E-state index is 11.7. The Morgan fingerprint density at radius 2 is 2.24 bits per heavy atom. The number of hydrogen-bond donors (Lipinski definition) is 0. The van der Waals surface area contributed by atoms with Crippen molar-refractivity contribution < 1.29 is 9.53 Å². The first kappa shape index (κ1) is 12.1. The number of ketones is 1. The average Bonchev–Trinajstić information content (AvgIpc) is 2.50. The molecule has 3 nitrogen and oxygen atoms in total. The van der Waals surface area contributed by atoms with Crippen molar-refractivity contribution in [2.75, 3.05) is 19.7 Å². The van der Waals surface area contributed by atoms with Crippen molar-refractivity contribution in [2.45, 2.75) is 26.3 Å². The summed E-state index contributed by atoms with van der Waals surface area (Å²) in [5, 5.41) is 0. The Bertz CT molecular complexity index is 390. The van der Waals surface area contributed by atoms with E-state index < -0.39 is 0 Å². The second-order valence-electron chi connectivity index (χ2n) is 4.46. The van der Waals surface area contributed by atoms with Crippen molar-refractivity contribution in [1.82, 2.24) is 4.90 Å². The molecule has 3 heteroatoms. The zero-order valence-electron chi connectivity index (χ0n) is 10.3. The number of hydrogen-bond acceptors (Lipinski definition) is 3. The van der Waals surface area contributed by atoms with Crippen LogP contribution in [0.15, 0.2) is 24.3 Å². The van der Waals surface area contributed by atoms with Gasteiger partial charge in [0.15, 0.2) is 0 Å². The summed E-state index contributed by atoms with van der Waals surface area (Å²) in [6, 6.07) is 8.06. The van der Waals surface area contributed by atoms with Gasteiger partial charge in [-0.15, -0.1) is 0 Å². The Balaban J connectivity index is 2.00. The van der Waals surface area contributed by atoms with Gasteiger partial charge in [-0.1, -0.05) is 25.1 Å². The first-order valence-corrected chi connectivity index (χ1v) is 6.24. The van der Waals surface area contributed by atoms with Crippen LogP contribution in [0.2, 0.25) is 0 Å². The molecule has 0 saturated heterocycles. The summed E-state index contributed by atoms with van der Waals surface area (Å²) in [6.45, 7) is 4.89. The summed E-state index contributed by atoms with van der Waals surface area (Å²) in [5.74, 6) is 1.28. The van der Waals surface area contributed by atoms with Crippen molar-refractivity contribution in [2.24, 2.45) is 0 Å². The van der Waals surface area contributed by atoms with E-state index >= 15 is 0 Å². The zero-order valence-corrected chi connectivity index (χ0v) is 10.3. The SMILES string of the molecule is CCCC(=O)CN1CCOc2ccccc2C1. The summed E-state index contributed by atoms with van der Waals surface area (Å²) in [4.78, 5) is 13.8. The molecule has 0 aliphatic carbocycles. The molecular weight excluding hydrogens is 214 g/mol. The maximum atomic E-state index is 11.7. The number of Topliss-reactive ketones (excluding diaryl/α,β-unsaturated/α-hetero) is 1. The predicted octanol–water partition coefficient (Wildman–Crippen LogP) is 2.25. The lowest BCUT2D eigenvalue weighted by atomic mass is 10.1. The topological polar surface area (TPSA) is 29.5 Å². The molecule has 1 aromatic carbocycles. The number of carbonyl (C=O) groups is 1. The van der Waals surface area contributed by atoms with Gasteiger partial charge in [-0.05, 0) is 12.5 Å².